The molecule has 7 nitrogen and oxygen atoms in total. The zero-order valence-corrected chi connectivity index (χ0v) is 13.1. The molecular formula is C13H23N3O4S. The number of hydrogen-bond acceptors (Lipinski definition) is 4. The van der Waals surface area contributed by atoms with Gasteiger partial charge in [0.1, 0.15) is 6.04 Å². The summed E-state index contributed by atoms with van der Waals surface area (Å²) in [6.45, 7) is 1.80. The number of urea groups is 1. The highest BCUT2D eigenvalue weighted by Crippen LogP contribution is 2.08. The maximum Gasteiger partial charge on any atom is 0.326 e. The molecule has 0 aromatic carbocycles. The first-order valence-electron chi connectivity index (χ1n) is 7.08. The number of rotatable bonds is 8. The second-order valence-electron chi connectivity index (χ2n) is 4.91. The van der Waals surface area contributed by atoms with Gasteiger partial charge in [0, 0.05) is 26.1 Å². The molecule has 1 fully saturated rings. The van der Waals surface area contributed by atoms with Gasteiger partial charge in [0.2, 0.25) is 5.91 Å². The van der Waals surface area contributed by atoms with Crippen LogP contribution < -0.4 is 10.6 Å². The van der Waals surface area contributed by atoms with Crippen molar-refractivity contribution in [3.05, 3.63) is 0 Å². The Hall–Kier alpha value is -1.44. The third kappa shape index (κ3) is 6.70. The van der Waals surface area contributed by atoms with E-state index >= 15 is 0 Å². The van der Waals surface area contributed by atoms with Gasteiger partial charge < -0.3 is 20.6 Å². The summed E-state index contributed by atoms with van der Waals surface area (Å²) in [5, 5.41) is 13.9. The van der Waals surface area contributed by atoms with Crippen molar-refractivity contribution in [1.82, 2.24) is 15.5 Å². The third-order valence-electron chi connectivity index (χ3n) is 3.30. The van der Waals surface area contributed by atoms with Crippen LogP contribution in [0.5, 0.6) is 0 Å². The van der Waals surface area contributed by atoms with Crippen LogP contribution in [0.4, 0.5) is 4.79 Å². The Bertz CT molecular complexity index is 372. The van der Waals surface area contributed by atoms with E-state index in [4.69, 9.17) is 5.11 Å². The van der Waals surface area contributed by atoms with Crippen molar-refractivity contribution < 1.29 is 19.5 Å². The lowest BCUT2D eigenvalue weighted by Crippen LogP contribution is -2.47. The molecule has 21 heavy (non-hydrogen) atoms. The second-order valence-corrected chi connectivity index (χ2v) is 5.90. The monoisotopic (exact) mass is 317 g/mol. The fourth-order valence-corrected chi connectivity index (χ4v) is 2.58. The molecule has 8 heteroatoms. The Morgan fingerprint density at radius 2 is 1.95 bits per heavy atom. The Morgan fingerprint density at radius 3 is 2.52 bits per heavy atom. The van der Waals surface area contributed by atoms with E-state index in [1.807, 2.05) is 6.26 Å². The van der Waals surface area contributed by atoms with E-state index in [2.05, 4.69) is 10.6 Å². The quantitative estimate of drug-likeness (QED) is 0.606. The molecule has 0 aliphatic carbocycles. The number of amides is 3. The Morgan fingerprint density at radius 1 is 1.29 bits per heavy atom. The van der Waals surface area contributed by atoms with Crippen molar-refractivity contribution in [3.8, 4) is 0 Å². The lowest BCUT2D eigenvalue weighted by Gasteiger charge is -2.16. The molecule has 3 amide bonds. The van der Waals surface area contributed by atoms with E-state index in [1.54, 1.807) is 4.90 Å². The molecule has 3 N–H and O–H groups in total. The van der Waals surface area contributed by atoms with Crippen molar-refractivity contribution in [2.24, 2.45) is 0 Å². The predicted molar refractivity (Wildman–Crippen MR) is 81.4 cm³/mol. The van der Waals surface area contributed by atoms with Crippen molar-refractivity contribution in [1.29, 1.82) is 0 Å². The van der Waals surface area contributed by atoms with E-state index in [9.17, 15) is 14.4 Å². The Balaban J connectivity index is 2.22. The van der Waals surface area contributed by atoms with Gasteiger partial charge >= 0.3 is 12.0 Å². The lowest BCUT2D eigenvalue weighted by molar-refractivity contribution is -0.139. The van der Waals surface area contributed by atoms with Crippen molar-refractivity contribution >= 4 is 29.7 Å². The van der Waals surface area contributed by atoms with E-state index in [0.717, 1.165) is 25.9 Å². The average Bonchev–Trinajstić information content (AvgIpc) is 2.97. The van der Waals surface area contributed by atoms with Gasteiger partial charge in [0.05, 0.1) is 0 Å². The maximum absolute atomic E-state index is 11.8. The highest BCUT2D eigenvalue weighted by atomic mass is 32.2. The summed E-state index contributed by atoms with van der Waals surface area (Å²) < 4.78 is 0. The minimum absolute atomic E-state index is 0.0324. The Kier molecular flexibility index (Phi) is 7.96. The number of nitrogens with one attached hydrogen (secondary N) is 2. The van der Waals surface area contributed by atoms with Crippen LogP contribution in [0.25, 0.3) is 0 Å². The number of hydrogen-bond donors (Lipinski definition) is 3. The summed E-state index contributed by atoms with van der Waals surface area (Å²) >= 11 is 1.53. The Labute approximate surface area is 128 Å². The van der Waals surface area contributed by atoms with Crippen LogP contribution >= 0.6 is 11.8 Å². The summed E-state index contributed by atoms with van der Waals surface area (Å²) in [7, 11) is 0. The highest BCUT2D eigenvalue weighted by molar-refractivity contribution is 7.98. The summed E-state index contributed by atoms with van der Waals surface area (Å²) in [5.74, 6) is -0.359. The van der Waals surface area contributed by atoms with Crippen LogP contribution in [0.1, 0.15) is 25.7 Å². The largest absolute Gasteiger partial charge is 0.480 e. The van der Waals surface area contributed by atoms with E-state index in [1.165, 1.54) is 11.8 Å². The van der Waals surface area contributed by atoms with Crippen LogP contribution in [-0.2, 0) is 9.59 Å². The summed E-state index contributed by atoms with van der Waals surface area (Å²) in [6.07, 6.45) is 4.57. The fourth-order valence-electron chi connectivity index (χ4n) is 2.11. The molecule has 0 aromatic rings. The molecule has 1 atom stereocenters. The van der Waals surface area contributed by atoms with Gasteiger partial charge in [0.15, 0.2) is 0 Å². The molecule has 1 saturated heterocycles. The fraction of sp³-hybridized carbons (Fsp3) is 0.769. The number of thioether (sulfide) groups is 1. The zero-order valence-electron chi connectivity index (χ0n) is 12.3. The van der Waals surface area contributed by atoms with Crippen molar-refractivity contribution in [2.75, 3.05) is 31.6 Å². The standard InChI is InChI=1S/C13H23N3O4S/c1-21-9-5-10(12(18)19)15-13(20)14-6-4-11(17)16-7-2-3-8-16/h10H,2-9H2,1H3,(H,18,19)(H2,14,15,20). The van der Waals surface area contributed by atoms with Crippen LogP contribution in [0, 0.1) is 0 Å². The smallest absolute Gasteiger partial charge is 0.326 e. The molecule has 0 spiro atoms. The summed E-state index contributed by atoms with van der Waals surface area (Å²) in [6, 6.07) is -1.44. The average molecular weight is 317 g/mol. The van der Waals surface area contributed by atoms with E-state index in [-0.39, 0.29) is 18.9 Å². The van der Waals surface area contributed by atoms with Gasteiger partial charge in [0.25, 0.3) is 0 Å². The van der Waals surface area contributed by atoms with Crippen LogP contribution in [-0.4, -0.2) is 65.6 Å². The minimum Gasteiger partial charge on any atom is -0.480 e. The molecule has 1 rings (SSSR count). The molecule has 0 radical (unpaired) electrons. The first-order chi connectivity index (χ1) is 10.0. The molecule has 0 saturated carbocycles. The lowest BCUT2D eigenvalue weighted by atomic mass is 10.2. The summed E-state index contributed by atoms with van der Waals surface area (Å²) in [4.78, 5) is 36.1. The number of carboxylic acids is 1. The van der Waals surface area contributed by atoms with E-state index in [0.29, 0.717) is 12.2 Å². The normalized spacial score (nSPS) is 15.6. The first-order valence-corrected chi connectivity index (χ1v) is 8.48. The van der Waals surface area contributed by atoms with Gasteiger partial charge in [-0.05, 0) is 31.3 Å². The molecule has 120 valence electrons. The number of aliphatic carboxylic acids is 1. The van der Waals surface area contributed by atoms with E-state index < -0.39 is 18.0 Å². The number of nitrogens with zero attached hydrogens (tertiary/aromatic N) is 1. The maximum atomic E-state index is 11.8. The van der Waals surface area contributed by atoms with Gasteiger partial charge in [-0.3, -0.25) is 4.79 Å². The number of carboxylic acid groups (broad SMARTS) is 1. The van der Waals surface area contributed by atoms with Gasteiger partial charge in [-0.25, -0.2) is 9.59 Å². The highest BCUT2D eigenvalue weighted by Gasteiger charge is 2.20. The molecule has 0 bridgehead atoms. The van der Waals surface area contributed by atoms with Crippen molar-refractivity contribution in [2.45, 2.75) is 31.7 Å². The molecular weight excluding hydrogens is 294 g/mol. The first kappa shape index (κ1) is 17.6. The number of carbonyl (C=O) groups excluding carboxylic acids is 2. The SMILES string of the molecule is CSCCC(NC(=O)NCCC(=O)N1CCCC1)C(=O)O. The molecule has 1 aliphatic rings. The molecule has 1 heterocycles. The minimum atomic E-state index is -1.05. The van der Waals surface area contributed by atoms with Crippen LogP contribution in [0.2, 0.25) is 0 Å². The topological polar surface area (TPSA) is 98.7 Å². The third-order valence-corrected chi connectivity index (χ3v) is 3.94. The number of carbonyl (C=O) groups is 3. The number of likely N-dealkylation sites (tertiary alicyclic amines) is 1. The van der Waals surface area contributed by atoms with Crippen LogP contribution in [0.15, 0.2) is 0 Å². The zero-order chi connectivity index (χ0) is 15.7. The summed E-state index contributed by atoms with van der Waals surface area (Å²) in [5.41, 5.74) is 0. The van der Waals surface area contributed by atoms with Crippen molar-refractivity contribution in [3.63, 3.8) is 0 Å². The molecule has 0 aromatic heterocycles. The molecule has 1 unspecified atom stereocenters. The van der Waals surface area contributed by atoms with Crippen LogP contribution in [0.3, 0.4) is 0 Å². The predicted octanol–water partition coefficient (Wildman–Crippen LogP) is 0.504. The van der Waals surface area contributed by atoms with Gasteiger partial charge in [-0.1, -0.05) is 0 Å². The second kappa shape index (κ2) is 9.49. The molecule has 1 aliphatic heterocycles. The van der Waals surface area contributed by atoms with Gasteiger partial charge in [-0.2, -0.15) is 11.8 Å². The van der Waals surface area contributed by atoms with Gasteiger partial charge in [-0.15, -0.1) is 0 Å².